The van der Waals surface area contributed by atoms with Gasteiger partial charge in [-0.3, -0.25) is 4.79 Å². The lowest BCUT2D eigenvalue weighted by molar-refractivity contribution is -0.237. The Morgan fingerprint density at radius 3 is 1.89 bits per heavy atom. The zero-order valence-corrected chi connectivity index (χ0v) is 12.5. The number of carbonyl (C=O) groups is 1. The van der Waals surface area contributed by atoms with Crippen LogP contribution in [0.5, 0.6) is 0 Å². The third-order valence-corrected chi connectivity index (χ3v) is 4.58. The minimum atomic E-state index is -0.479. The van der Waals surface area contributed by atoms with E-state index >= 15 is 0 Å². The first kappa shape index (κ1) is 13.4. The molecular formula is C15H25NO3. The van der Waals surface area contributed by atoms with E-state index in [0.717, 1.165) is 25.7 Å². The fourth-order valence-corrected chi connectivity index (χ4v) is 4.17. The molecule has 4 nitrogen and oxygen atoms in total. The smallest absolute Gasteiger partial charge is 0.226 e. The van der Waals surface area contributed by atoms with Crippen molar-refractivity contribution in [2.24, 2.45) is 5.92 Å². The molecule has 3 rings (SSSR count). The van der Waals surface area contributed by atoms with E-state index < -0.39 is 5.79 Å². The van der Waals surface area contributed by atoms with Crippen LogP contribution in [0.4, 0.5) is 0 Å². The van der Waals surface area contributed by atoms with Crippen molar-refractivity contribution in [3.63, 3.8) is 0 Å². The van der Waals surface area contributed by atoms with Gasteiger partial charge in [0, 0.05) is 29.8 Å². The predicted octanol–water partition coefficient (Wildman–Crippen LogP) is 2.32. The Balaban J connectivity index is 1.90. The van der Waals surface area contributed by atoms with Crippen molar-refractivity contribution >= 4 is 5.91 Å². The molecule has 1 saturated carbocycles. The van der Waals surface area contributed by atoms with E-state index in [0.29, 0.717) is 19.1 Å². The van der Waals surface area contributed by atoms with Gasteiger partial charge >= 0.3 is 0 Å². The summed E-state index contributed by atoms with van der Waals surface area (Å²) in [5.74, 6) is 0.105. The molecule has 0 aromatic rings. The van der Waals surface area contributed by atoms with Crippen molar-refractivity contribution in [1.82, 2.24) is 4.90 Å². The van der Waals surface area contributed by atoms with Gasteiger partial charge in [-0.15, -0.1) is 0 Å². The van der Waals surface area contributed by atoms with Crippen LogP contribution >= 0.6 is 0 Å². The molecule has 19 heavy (non-hydrogen) atoms. The van der Waals surface area contributed by atoms with E-state index in [2.05, 4.69) is 32.6 Å². The van der Waals surface area contributed by atoms with Crippen LogP contribution in [-0.4, -0.2) is 40.9 Å². The third kappa shape index (κ3) is 2.19. The number of amides is 1. The predicted molar refractivity (Wildman–Crippen MR) is 71.6 cm³/mol. The molecule has 108 valence electrons. The zero-order chi connectivity index (χ0) is 13.9. The quantitative estimate of drug-likeness (QED) is 0.732. The highest BCUT2D eigenvalue weighted by Gasteiger charge is 2.58. The fourth-order valence-electron chi connectivity index (χ4n) is 4.17. The number of hydrogen-bond acceptors (Lipinski definition) is 3. The lowest BCUT2D eigenvalue weighted by Crippen LogP contribution is -2.67. The maximum absolute atomic E-state index is 12.6. The first-order valence-corrected chi connectivity index (χ1v) is 7.38. The monoisotopic (exact) mass is 267 g/mol. The second-order valence-electron chi connectivity index (χ2n) is 7.53. The van der Waals surface area contributed by atoms with Crippen LogP contribution in [0.2, 0.25) is 0 Å². The summed E-state index contributed by atoms with van der Waals surface area (Å²) >= 11 is 0. The van der Waals surface area contributed by atoms with Crippen LogP contribution in [0.3, 0.4) is 0 Å². The van der Waals surface area contributed by atoms with Gasteiger partial charge in [0.1, 0.15) is 0 Å². The Kier molecular flexibility index (Phi) is 2.78. The van der Waals surface area contributed by atoms with Crippen LogP contribution in [0.15, 0.2) is 0 Å². The van der Waals surface area contributed by atoms with Gasteiger partial charge in [0.15, 0.2) is 5.79 Å². The number of ether oxygens (including phenoxy) is 2. The lowest BCUT2D eigenvalue weighted by atomic mass is 9.75. The molecule has 0 aromatic carbocycles. The van der Waals surface area contributed by atoms with E-state index in [1.54, 1.807) is 0 Å². The van der Waals surface area contributed by atoms with Gasteiger partial charge in [-0.2, -0.15) is 0 Å². The molecule has 3 fully saturated rings. The van der Waals surface area contributed by atoms with Gasteiger partial charge in [-0.05, 0) is 40.5 Å². The molecule has 0 radical (unpaired) electrons. The first-order valence-electron chi connectivity index (χ1n) is 7.38. The minimum absolute atomic E-state index is 0.217. The number of likely N-dealkylation sites (tertiary alicyclic amines) is 1. The lowest BCUT2D eigenvalue weighted by Gasteiger charge is -2.57. The average Bonchev–Trinajstić information content (AvgIpc) is 2.99. The van der Waals surface area contributed by atoms with Crippen LogP contribution in [0, 0.1) is 5.92 Å². The summed E-state index contributed by atoms with van der Waals surface area (Å²) in [6, 6.07) is 0. The van der Waals surface area contributed by atoms with E-state index in [-0.39, 0.29) is 17.0 Å². The summed E-state index contributed by atoms with van der Waals surface area (Å²) in [6.07, 6.45) is 3.64. The van der Waals surface area contributed by atoms with Crippen LogP contribution in [-0.2, 0) is 14.3 Å². The topological polar surface area (TPSA) is 38.8 Å². The second-order valence-corrected chi connectivity index (χ2v) is 7.53. The molecule has 4 heteroatoms. The van der Waals surface area contributed by atoms with Crippen molar-refractivity contribution in [2.45, 2.75) is 70.2 Å². The molecule has 0 N–H and O–H groups in total. The number of rotatable bonds is 1. The molecule has 0 unspecified atom stereocenters. The molecule has 0 aromatic heterocycles. The highest BCUT2D eigenvalue weighted by Crippen LogP contribution is 2.49. The van der Waals surface area contributed by atoms with Crippen molar-refractivity contribution in [3.8, 4) is 0 Å². The summed E-state index contributed by atoms with van der Waals surface area (Å²) in [5, 5.41) is 0. The van der Waals surface area contributed by atoms with Crippen LogP contribution in [0.1, 0.15) is 53.4 Å². The minimum Gasteiger partial charge on any atom is -0.347 e. The largest absolute Gasteiger partial charge is 0.347 e. The highest BCUT2D eigenvalue weighted by molar-refractivity contribution is 5.82. The van der Waals surface area contributed by atoms with E-state index in [4.69, 9.17) is 9.47 Å². The van der Waals surface area contributed by atoms with E-state index in [9.17, 15) is 4.79 Å². The molecule has 1 spiro atoms. The summed E-state index contributed by atoms with van der Waals surface area (Å²) in [4.78, 5) is 14.7. The van der Waals surface area contributed by atoms with Crippen molar-refractivity contribution < 1.29 is 14.3 Å². The maximum atomic E-state index is 12.6. The SMILES string of the molecule is CC1(C)CC2(CC(C)(C)N1C(=O)C1CC1)OCCO2. The van der Waals surface area contributed by atoms with Gasteiger partial charge in [-0.1, -0.05) is 0 Å². The summed E-state index contributed by atoms with van der Waals surface area (Å²) in [7, 11) is 0. The van der Waals surface area contributed by atoms with Crippen molar-refractivity contribution in [2.75, 3.05) is 13.2 Å². The summed E-state index contributed by atoms with van der Waals surface area (Å²) in [6.45, 7) is 9.90. The number of piperidine rings is 1. The van der Waals surface area contributed by atoms with Crippen molar-refractivity contribution in [3.05, 3.63) is 0 Å². The third-order valence-electron chi connectivity index (χ3n) is 4.58. The Morgan fingerprint density at radius 1 is 1.00 bits per heavy atom. The molecule has 0 atom stereocenters. The maximum Gasteiger partial charge on any atom is 0.226 e. The van der Waals surface area contributed by atoms with E-state index in [1.807, 2.05) is 0 Å². The Labute approximate surface area is 115 Å². The van der Waals surface area contributed by atoms with Gasteiger partial charge in [0.25, 0.3) is 0 Å². The molecule has 3 aliphatic rings. The molecule has 0 bridgehead atoms. The van der Waals surface area contributed by atoms with Gasteiger partial charge in [-0.25, -0.2) is 0 Å². The number of carbonyl (C=O) groups excluding carboxylic acids is 1. The molecule has 2 saturated heterocycles. The first-order chi connectivity index (χ1) is 8.76. The normalized spacial score (nSPS) is 31.7. The van der Waals surface area contributed by atoms with E-state index in [1.165, 1.54) is 0 Å². The second kappa shape index (κ2) is 3.95. The summed E-state index contributed by atoms with van der Waals surface area (Å²) < 4.78 is 11.8. The molecule has 1 aliphatic carbocycles. The Morgan fingerprint density at radius 2 is 1.47 bits per heavy atom. The fraction of sp³-hybridized carbons (Fsp3) is 0.933. The van der Waals surface area contributed by atoms with Crippen LogP contribution < -0.4 is 0 Å². The van der Waals surface area contributed by atoms with Gasteiger partial charge < -0.3 is 14.4 Å². The molecular weight excluding hydrogens is 242 g/mol. The standard InChI is InChI=1S/C15H25NO3/c1-13(2)9-15(18-7-8-19-15)10-14(3,4)16(13)12(17)11-5-6-11/h11H,5-10H2,1-4H3. The number of nitrogens with zero attached hydrogens (tertiary/aromatic N) is 1. The Hall–Kier alpha value is -0.610. The van der Waals surface area contributed by atoms with Crippen molar-refractivity contribution in [1.29, 1.82) is 0 Å². The van der Waals surface area contributed by atoms with Gasteiger partial charge in [0.05, 0.1) is 13.2 Å². The Bertz CT molecular complexity index is 372. The molecule has 2 aliphatic heterocycles. The number of hydrogen-bond donors (Lipinski definition) is 0. The molecule has 2 heterocycles. The summed E-state index contributed by atoms with van der Waals surface area (Å²) in [5.41, 5.74) is -0.433. The highest BCUT2D eigenvalue weighted by atomic mass is 16.7. The average molecular weight is 267 g/mol. The zero-order valence-electron chi connectivity index (χ0n) is 12.5. The van der Waals surface area contributed by atoms with Gasteiger partial charge in [0.2, 0.25) is 5.91 Å². The van der Waals surface area contributed by atoms with Crippen LogP contribution in [0.25, 0.3) is 0 Å². The molecule has 1 amide bonds.